The molecular formula is C15H18BrClN2S. The molecule has 1 aromatic heterocycles. The van der Waals surface area contributed by atoms with Gasteiger partial charge in [-0.2, -0.15) is 0 Å². The number of hydrogen-bond acceptors (Lipinski definition) is 3. The van der Waals surface area contributed by atoms with Crippen molar-refractivity contribution < 1.29 is 0 Å². The molecule has 20 heavy (non-hydrogen) atoms. The summed E-state index contributed by atoms with van der Waals surface area (Å²) in [5.74, 6) is 0. The summed E-state index contributed by atoms with van der Waals surface area (Å²) in [5.41, 5.74) is 2.17. The third kappa shape index (κ3) is 3.61. The lowest BCUT2D eigenvalue weighted by Crippen LogP contribution is -2.18. The SMILES string of the molecule is CCCNC(C)c1sc(-c2ccc(Br)c(Cl)c2)nc1C. The van der Waals surface area contributed by atoms with Gasteiger partial charge in [-0.1, -0.05) is 24.6 Å². The maximum atomic E-state index is 6.16. The maximum absolute atomic E-state index is 6.16. The van der Waals surface area contributed by atoms with Crippen molar-refractivity contribution in [2.45, 2.75) is 33.2 Å². The Morgan fingerprint density at radius 3 is 2.85 bits per heavy atom. The predicted octanol–water partition coefficient (Wildman–Crippen LogP) is 5.60. The van der Waals surface area contributed by atoms with Gasteiger partial charge in [0.15, 0.2) is 0 Å². The zero-order valence-corrected chi connectivity index (χ0v) is 15.0. The predicted molar refractivity (Wildman–Crippen MR) is 91.7 cm³/mol. The van der Waals surface area contributed by atoms with Crippen molar-refractivity contribution in [1.29, 1.82) is 0 Å². The van der Waals surface area contributed by atoms with Crippen LogP contribution in [0.5, 0.6) is 0 Å². The van der Waals surface area contributed by atoms with Crippen LogP contribution in [0.1, 0.15) is 36.9 Å². The van der Waals surface area contributed by atoms with Crippen molar-refractivity contribution in [1.82, 2.24) is 10.3 Å². The van der Waals surface area contributed by atoms with Gasteiger partial charge in [-0.15, -0.1) is 11.3 Å². The monoisotopic (exact) mass is 372 g/mol. The first-order valence-electron chi connectivity index (χ1n) is 6.69. The summed E-state index contributed by atoms with van der Waals surface area (Å²) in [4.78, 5) is 5.98. The Bertz CT molecular complexity index is 598. The lowest BCUT2D eigenvalue weighted by molar-refractivity contribution is 0.575. The van der Waals surface area contributed by atoms with Gasteiger partial charge in [0.2, 0.25) is 0 Å². The molecule has 2 nitrogen and oxygen atoms in total. The fourth-order valence-electron chi connectivity index (χ4n) is 2.02. The van der Waals surface area contributed by atoms with Crippen LogP contribution in [-0.2, 0) is 0 Å². The second-order valence-electron chi connectivity index (χ2n) is 4.77. The third-order valence-corrected chi connectivity index (χ3v) is 5.71. The number of nitrogens with one attached hydrogen (secondary N) is 1. The Morgan fingerprint density at radius 1 is 1.45 bits per heavy atom. The minimum absolute atomic E-state index is 0.340. The third-order valence-electron chi connectivity index (χ3n) is 3.09. The molecule has 0 saturated heterocycles. The van der Waals surface area contributed by atoms with E-state index in [1.54, 1.807) is 11.3 Å². The van der Waals surface area contributed by atoms with E-state index in [0.29, 0.717) is 11.1 Å². The van der Waals surface area contributed by atoms with Crippen LogP contribution in [0.15, 0.2) is 22.7 Å². The van der Waals surface area contributed by atoms with E-state index in [1.165, 1.54) is 4.88 Å². The molecule has 0 fully saturated rings. The summed E-state index contributed by atoms with van der Waals surface area (Å²) in [6.07, 6.45) is 1.14. The number of benzene rings is 1. The molecule has 0 aliphatic heterocycles. The number of aryl methyl sites for hydroxylation is 1. The number of rotatable bonds is 5. The summed E-state index contributed by atoms with van der Waals surface area (Å²) in [6.45, 7) is 7.46. The van der Waals surface area contributed by atoms with Gasteiger partial charge in [0.25, 0.3) is 0 Å². The summed E-state index contributed by atoms with van der Waals surface area (Å²) in [6, 6.07) is 6.31. The highest BCUT2D eigenvalue weighted by molar-refractivity contribution is 9.10. The summed E-state index contributed by atoms with van der Waals surface area (Å²) in [7, 11) is 0. The van der Waals surface area contributed by atoms with Gasteiger partial charge < -0.3 is 5.32 Å². The number of aromatic nitrogens is 1. The molecule has 5 heteroatoms. The molecule has 0 aliphatic carbocycles. The summed E-state index contributed by atoms with van der Waals surface area (Å²) >= 11 is 11.3. The molecule has 0 amide bonds. The Labute approximate surface area is 137 Å². The van der Waals surface area contributed by atoms with E-state index in [-0.39, 0.29) is 0 Å². The van der Waals surface area contributed by atoms with Gasteiger partial charge in [-0.05, 0) is 54.9 Å². The zero-order chi connectivity index (χ0) is 14.7. The molecule has 2 rings (SSSR count). The number of hydrogen-bond donors (Lipinski definition) is 1. The van der Waals surface area contributed by atoms with Crippen LogP contribution in [0.25, 0.3) is 10.6 Å². The maximum Gasteiger partial charge on any atom is 0.123 e. The number of nitrogens with zero attached hydrogens (tertiary/aromatic N) is 1. The zero-order valence-electron chi connectivity index (χ0n) is 11.8. The van der Waals surface area contributed by atoms with Gasteiger partial charge in [0, 0.05) is 21.0 Å². The minimum atomic E-state index is 0.340. The van der Waals surface area contributed by atoms with Crippen molar-refractivity contribution in [3.63, 3.8) is 0 Å². The van der Waals surface area contributed by atoms with Crippen molar-refractivity contribution in [2.75, 3.05) is 6.54 Å². The van der Waals surface area contributed by atoms with E-state index >= 15 is 0 Å². The smallest absolute Gasteiger partial charge is 0.123 e. The highest BCUT2D eigenvalue weighted by Gasteiger charge is 2.15. The van der Waals surface area contributed by atoms with Gasteiger partial charge in [-0.3, -0.25) is 0 Å². The topological polar surface area (TPSA) is 24.9 Å². The van der Waals surface area contributed by atoms with Gasteiger partial charge in [0.05, 0.1) is 10.7 Å². The molecule has 1 N–H and O–H groups in total. The molecule has 1 unspecified atom stereocenters. The van der Waals surface area contributed by atoms with E-state index in [9.17, 15) is 0 Å². The average molecular weight is 374 g/mol. The fourth-order valence-corrected chi connectivity index (χ4v) is 3.53. The minimum Gasteiger partial charge on any atom is -0.309 e. The summed E-state index contributed by atoms with van der Waals surface area (Å²) in [5, 5.41) is 5.25. The first kappa shape index (κ1) is 16.0. The Hall–Kier alpha value is -0.420. The molecule has 1 aromatic carbocycles. The van der Waals surface area contributed by atoms with Crippen LogP contribution in [0.2, 0.25) is 5.02 Å². The molecule has 1 atom stereocenters. The van der Waals surface area contributed by atoms with Crippen LogP contribution in [0, 0.1) is 6.92 Å². The molecule has 0 bridgehead atoms. The van der Waals surface area contributed by atoms with Crippen molar-refractivity contribution >= 4 is 38.9 Å². The second-order valence-corrected chi connectivity index (χ2v) is 7.07. The quantitative estimate of drug-likeness (QED) is 0.738. The fraction of sp³-hybridized carbons (Fsp3) is 0.400. The summed E-state index contributed by atoms with van der Waals surface area (Å²) < 4.78 is 0.911. The highest BCUT2D eigenvalue weighted by atomic mass is 79.9. The number of halogens is 2. The lowest BCUT2D eigenvalue weighted by atomic mass is 10.2. The van der Waals surface area contributed by atoms with E-state index < -0.39 is 0 Å². The molecule has 2 aromatic rings. The van der Waals surface area contributed by atoms with Crippen LogP contribution in [-0.4, -0.2) is 11.5 Å². The van der Waals surface area contributed by atoms with E-state index in [4.69, 9.17) is 11.6 Å². The van der Waals surface area contributed by atoms with Crippen LogP contribution in [0.4, 0.5) is 0 Å². The van der Waals surface area contributed by atoms with E-state index in [0.717, 1.165) is 33.7 Å². The molecule has 108 valence electrons. The van der Waals surface area contributed by atoms with Crippen LogP contribution in [0.3, 0.4) is 0 Å². The van der Waals surface area contributed by atoms with Gasteiger partial charge in [0.1, 0.15) is 5.01 Å². The molecule has 1 heterocycles. The van der Waals surface area contributed by atoms with Crippen molar-refractivity contribution in [2.24, 2.45) is 0 Å². The first-order valence-corrected chi connectivity index (χ1v) is 8.67. The van der Waals surface area contributed by atoms with Gasteiger partial charge >= 0.3 is 0 Å². The molecular weight excluding hydrogens is 356 g/mol. The Morgan fingerprint density at radius 2 is 2.20 bits per heavy atom. The Kier molecular flexibility index (Phi) is 5.61. The van der Waals surface area contributed by atoms with E-state index in [2.05, 4.69) is 47.0 Å². The van der Waals surface area contributed by atoms with Crippen LogP contribution >= 0.6 is 38.9 Å². The van der Waals surface area contributed by atoms with Crippen molar-refractivity contribution in [3.8, 4) is 10.6 Å². The van der Waals surface area contributed by atoms with Crippen molar-refractivity contribution in [3.05, 3.63) is 38.3 Å². The normalized spacial score (nSPS) is 12.7. The largest absolute Gasteiger partial charge is 0.309 e. The second kappa shape index (κ2) is 7.03. The first-order chi connectivity index (χ1) is 9.52. The van der Waals surface area contributed by atoms with Gasteiger partial charge in [-0.25, -0.2) is 4.98 Å². The van der Waals surface area contributed by atoms with E-state index in [1.807, 2.05) is 18.2 Å². The Balaban J connectivity index is 2.28. The standard InChI is InChI=1S/C15H18BrClN2S/c1-4-7-18-9(2)14-10(3)19-15(20-14)11-5-6-12(16)13(17)8-11/h5-6,8-9,18H,4,7H2,1-3H3. The molecule has 0 spiro atoms. The number of thiazole rings is 1. The lowest BCUT2D eigenvalue weighted by Gasteiger charge is -2.11. The molecule has 0 aliphatic rings. The molecule has 0 saturated carbocycles. The highest BCUT2D eigenvalue weighted by Crippen LogP contribution is 2.34. The average Bonchev–Trinajstić information content (AvgIpc) is 2.81. The van der Waals surface area contributed by atoms with Crippen LogP contribution < -0.4 is 5.32 Å². The molecule has 0 radical (unpaired) electrons.